The molecule has 1 amide bonds. The minimum atomic E-state index is 0. The van der Waals surface area contributed by atoms with Crippen LogP contribution in [-0.4, -0.2) is 25.0 Å². The fourth-order valence-corrected chi connectivity index (χ4v) is 4.18. The molecule has 0 aromatic carbocycles. The van der Waals surface area contributed by atoms with E-state index >= 15 is 0 Å². The third-order valence-electron chi connectivity index (χ3n) is 5.63. The maximum absolute atomic E-state index is 12.3. The van der Waals surface area contributed by atoms with E-state index in [9.17, 15) is 4.79 Å². The van der Waals surface area contributed by atoms with Crippen LogP contribution in [0.3, 0.4) is 0 Å². The Morgan fingerprint density at radius 2 is 1.95 bits per heavy atom. The monoisotopic (exact) mass is 330 g/mol. The first-order valence-electron chi connectivity index (χ1n) is 9.20. The highest BCUT2D eigenvalue weighted by atomic mass is 35.5. The van der Waals surface area contributed by atoms with E-state index in [2.05, 4.69) is 24.5 Å². The highest BCUT2D eigenvalue weighted by molar-refractivity contribution is 5.85. The van der Waals surface area contributed by atoms with Gasteiger partial charge in [-0.25, -0.2) is 0 Å². The molecule has 1 aliphatic heterocycles. The van der Waals surface area contributed by atoms with Crippen molar-refractivity contribution >= 4 is 18.3 Å². The van der Waals surface area contributed by atoms with Gasteiger partial charge in [0.15, 0.2) is 0 Å². The van der Waals surface area contributed by atoms with Crippen molar-refractivity contribution in [3.8, 4) is 0 Å². The lowest BCUT2D eigenvalue weighted by Crippen LogP contribution is -2.39. The molecule has 0 radical (unpaired) electrons. The van der Waals surface area contributed by atoms with E-state index in [4.69, 9.17) is 0 Å². The average Bonchev–Trinajstić information content (AvgIpc) is 2.93. The maximum Gasteiger partial charge on any atom is 0.220 e. The predicted molar refractivity (Wildman–Crippen MR) is 95.4 cm³/mol. The molecule has 0 aromatic heterocycles. The van der Waals surface area contributed by atoms with Crippen molar-refractivity contribution in [2.45, 2.75) is 77.7 Å². The molecule has 2 aliphatic rings. The second kappa shape index (κ2) is 10.5. The van der Waals surface area contributed by atoms with Gasteiger partial charge >= 0.3 is 0 Å². The van der Waals surface area contributed by atoms with E-state index in [1.54, 1.807) is 0 Å². The van der Waals surface area contributed by atoms with Crippen LogP contribution in [0.5, 0.6) is 0 Å². The molecule has 1 heterocycles. The summed E-state index contributed by atoms with van der Waals surface area (Å²) in [5.41, 5.74) is 0. The lowest BCUT2D eigenvalue weighted by atomic mass is 9.84. The SMILES string of the molecule is CCCCC1CCCC1NC(=O)CC(C)C1CCNCC1.Cl. The van der Waals surface area contributed by atoms with Crippen LogP contribution in [-0.2, 0) is 4.79 Å². The van der Waals surface area contributed by atoms with Gasteiger partial charge in [-0.3, -0.25) is 4.79 Å². The van der Waals surface area contributed by atoms with E-state index in [1.807, 2.05) is 0 Å². The molecular formula is C18H35ClN2O. The van der Waals surface area contributed by atoms with Gasteiger partial charge < -0.3 is 10.6 Å². The molecule has 2 N–H and O–H groups in total. The van der Waals surface area contributed by atoms with Crippen LogP contribution in [0.2, 0.25) is 0 Å². The molecule has 2 rings (SSSR count). The first kappa shape index (κ1) is 19.8. The Kier molecular flexibility index (Phi) is 9.42. The summed E-state index contributed by atoms with van der Waals surface area (Å²) in [5.74, 6) is 2.30. The van der Waals surface area contributed by atoms with Gasteiger partial charge in [0.1, 0.15) is 0 Å². The highest BCUT2D eigenvalue weighted by Gasteiger charge is 2.29. The molecule has 4 heteroatoms. The number of carbonyl (C=O) groups excluding carboxylic acids is 1. The highest BCUT2D eigenvalue weighted by Crippen LogP contribution is 2.30. The summed E-state index contributed by atoms with van der Waals surface area (Å²) >= 11 is 0. The topological polar surface area (TPSA) is 41.1 Å². The van der Waals surface area contributed by atoms with Crippen molar-refractivity contribution in [3.63, 3.8) is 0 Å². The van der Waals surface area contributed by atoms with Gasteiger partial charge in [-0.1, -0.05) is 33.1 Å². The Balaban J connectivity index is 0.00000242. The third kappa shape index (κ3) is 6.08. The summed E-state index contributed by atoms with van der Waals surface area (Å²) in [7, 11) is 0. The zero-order valence-electron chi connectivity index (χ0n) is 14.4. The Bertz CT molecular complexity index is 318. The lowest BCUT2D eigenvalue weighted by molar-refractivity contribution is -0.123. The third-order valence-corrected chi connectivity index (χ3v) is 5.63. The number of nitrogens with one attached hydrogen (secondary N) is 2. The van der Waals surface area contributed by atoms with Gasteiger partial charge in [0.25, 0.3) is 0 Å². The van der Waals surface area contributed by atoms with Gasteiger partial charge in [0.05, 0.1) is 0 Å². The van der Waals surface area contributed by atoms with Crippen molar-refractivity contribution in [2.75, 3.05) is 13.1 Å². The number of carbonyl (C=O) groups is 1. The maximum atomic E-state index is 12.3. The van der Waals surface area contributed by atoms with Gasteiger partial charge in [-0.15, -0.1) is 12.4 Å². The molecule has 0 spiro atoms. The van der Waals surface area contributed by atoms with Crippen LogP contribution < -0.4 is 10.6 Å². The largest absolute Gasteiger partial charge is 0.353 e. The van der Waals surface area contributed by atoms with E-state index in [-0.39, 0.29) is 12.4 Å². The summed E-state index contributed by atoms with van der Waals surface area (Å²) in [4.78, 5) is 12.3. The smallest absolute Gasteiger partial charge is 0.220 e. The quantitative estimate of drug-likeness (QED) is 0.743. The van der Waals surface area contributed by atoms with E-state index in [1.165, 1.54) is 51.4 Å². The first-order chi connectivity index (χ1) is 10.2. The van der Waals surface area contributed by atoms with E-state index < -0.39 is 0 Å². The molecule has 0 aromatic rings. The van der Waals surface area contributed by atoms with Crippen molar-refractivity contribution in [3.05, 3.63) is 0 Å². The zero-order chi connectivity index (χ0) is 15.1. The molecule has 3 unspecified atom stereocenters. The van der Waals surface area contributed by atoms with Gasteiger partial charge in [0.2, 0.25) is 5.91 Å². The van der Waals surface area contributed by atoms with Crippen LogP contribution in [0.15, 0.2) is 0 Å². The molecule has 130 valence electrons. The van der Waals surface area contributed by atoms with Crippen molar-refractivity contribution in [1.82, 2.24) is 10.6 Å². The second-order valence-electron chi connectivity index (χ2n) is 7.28. The zero-order valence-corrected chi connectivity index (χ0v) is 15.2. The Labute approximate surface area is 142 Å². The molecule has 3 nitrogen and oxygen atoms in total. The predicted octanol–water partition coefficient (Wildman–Crippen LogP) is 3.91. The number of hydrogen-bond acceptors (Lipinski definition) is 2. The van der Waals surface area contributed by atoms with Crippen LogP contribution in [0.1, 0.15) is 71.6 Å². The number of piperidine rings is 1. The van der Waals surface area contributed by atoms with Crippen LogP contribution in [0.25, 0.3) is 0 Å². The molecule has 2 fully saturated rings. The van der Waals surface area contributed by atoms with E-state index in [0.29, 0.717) is 17.9 Å². The van der Waals surface area contributed by atoms with Crippen LogP contribution >= 0.6 is 12.4 Å². The Morgan fingerprint density at radius 1 is 1.23 bits per heavy atom. The summed E-state index contributed by atoms with van der Waals surface area (Å²) in [6.45, 7) is 6.76. The van der Waals surface area contributed by atoms with E-state index in [0.717, 1.165) is 31.3 Å². The van der Waals surface area contributed by atoms with Crippen molar-refractivity contribution < 1.29 is 4.79 Å². The Morgan fingerprint density at radius 3 is 2.64 bits per heavy atom. The average molecular weight is 331 g/mol. The number of halogens is 1. The molecule has 3 atom stereocenters. The van der Waals surface area contributed by atoms with Gasteiger partial charge in [0, 0.05) is 12.5 Å². The van der Waals surface area contributed by atoms with Crippen LogP contribution in [0, 0.1) is 17.8 Å². The minimum Gasteiger partial charge on any atom is -0.353 e. The minimum absolute atomic E-state index is 0. The summed E-state index contributed by atoms with van der Waals surface area (Å²) in [6.07, 6.45) is 10.9. The van der Waals surface area contributed by atoms with Gasteiger partial charge in [-0.2, -0.15) is 0 Å². The standard InChI is InChI=1S/C18H34N2O.ClH/c1-3-4-6-16-7-5-8-17(16)20-18(21)13-14(2)15-9-11-19-12-10-15;/h14-17,19H,3-13H2,1-2H3,(H,20,21);1H. The number of unbranched alkanes of at least 4 members (excludes halogenated alkanes) is 1. The lowest BCUT2D eigenvalue weighted by Gasteiger charge is -2.28. The summed E-state index contributed by atoms with van der Waals surface area (Å²) < 4.78 is 0. The van der Waals surface area contributed by atoms with Crippen molar-refractivity contribution in [1.29, 1.82) is 0 Å². The first-order valence-corrected chi connectivity index (χ1v) is 9.20. The molecule has 1 saturated heterocycles. The fraction of sp³-hybridized carbons (Fsp3) is 0.944. The van der Waals surface area contributed by atoms with Gasteiger partial charge in [-0.05, 0) is 62.9 Å². The molecule has 22 heavy (non-hydrogen) atoms. The summed E-state index contributed by atoms with van der Waals surface area (Å²) in [5, 5.41) is 6.76. The Hall–Kier alpha value is -0.280. The molecule has 1 aliphatic carbocycles. The van der Waals surface area contributed by atoms with Crippen LogP contribution in [0.4, 0.5) is 0 Å². The second-order valence-corrected chi connectivity index (χ2v) is 7.28. The number of amides is 1. The van der Waals surface area contributed by atoms with Crippen molar-refractivity contribution in [2.24, 2.45) is 17.8 Å². The summed E-state index contributed by atoms with van der Waals surface area (Å²) in [6, 6.07) is 0.462. The number of rotatable bonds is 7. The number of hydrogen-bond donors (Lipinski definition) is 2. The molecule has 1 saturated carbocycles. The molecular weight excluding hydrogens is 296 g/mol. The molecule has 0 bridgehead atoms. The normalized spacial score (nSPS) is 27.2. The fourth-order valence-electron chi connectivity index (χ4n) is 4.18.